The number of likely N-dealkylation sites (tertiary alicyclic amines) is 1. The number of nitrogens with zero attached hydrogens (tertiary/aromatic N) is 1. The Balaban J connectivity index is 1.59. The summed E-state index contributed by atoms with van der Waals surface area (Å²) in [6.45, 7) is 5.27. The summed E-state index contributed by atoms with van der Waals surface area (Å²) in [5, 5.41) is 2.78. The van der Waals surface area contributed by atoms with E-state index in [9.17, 15) is 19.2 Å². The number of carbonyl (C=O) groups is 4. The van der Waals surface area contributed by atoms with Gasteiger partial charge >= 0.3 is 0 Å². The topological polar surface area (TPSA) is 92.8 Å². The van der Waals surface area contributed by atoms with Crippen LogP contribution in [0.2, 0.25) is 0 Å². The quantitative estimate of drug-likeness (QED) is 0.426. The van der Waals surface area contributed by atoms with Gasteiger partial charge in [-0.2, -0.15) is 0 Å². The Kier molecular flexibility index (Phi) is 8.99. The molecule has 2 rings (SSSR count). The number of rotatable bonds is 12. The third-order valence-corrected chi connectivity index (χ3v) is 4.63. The first-order valence-corrected chi connectivity index (χ1v) is 10.1. The highest BCUT2D eigenvalue weighted by atomic mass is 16.5. The molecule has 7 heteroatoms. The number of ketones is 1. The maximum atomic E-state index is 12.0. The Hall–Kier alpha value is -2.54. The van der Waals surface area contributed by atoms with Crippen LogP contribution < -0.4 is 5.32 Å². The second-order valence-electron chi connectivity index (χ2n) is 7.75. The first-order chi connectivity index (χ1) is 13.8. The van der Waals surface area contributed by atoms with Gasteiger partial charge in [0.2, 0.25) is 17.7 Å². The van der Waals surface area contributed by atoms with E-state index in [0.29, 0.717) is 51.3 Å². The number of Topliss-reactive ketones (excluding diaryl/α,β-unsaturated/α-hetero) is 1. The summed E-state index contributed by atoms with van der Waals surface area (Å²) >= 11 is 0. The molecule has 0 aliphatic carbocycles. The lowest BCUT2D eigenvalue weighted by molar-refractivity contribution is -0.151. The second-order valence-corrected chi connectivity index (χ2v) is 7.75. The van der Waals surface area contributed by atoms with E-state index in [2.05, 4.69) is 5.32 Å². The SMILES string of the molecule is CC(C)CC(=O)CCCOCC(=O)NCc1ccc(CC(=O)N2CCC2=O)cc1. The standard InChI is InChI=1S/C22H30N2O5/c1-16(2)12-19(25)4-3-11-29-15-20(26)23-14-18-7-5-17(6-8-18)13-22(28)24-10-9-21(24)27/h5-8,16H,3-4,9-15H2,1-2H3,(H,23,26). The number of β-lactam (4-membered cyclic amide) rings is 1. The maximum absolute atomic E-state index is 12.0. The van der Waals surface area contributed by atoms with Crippen molar-refractivity contribution in [2.45, 2.75) is 52.5 Å². The Morgan fingerprint density at radius 3 is 2.41 bits per heavy atom. The Labute approximate surface area is 171 Å². The predicted octanol–water partition coefficient (Wildman–Crippen LogP) is 2.02. The zero-order valence-electron chi connectivity index (χ0n) is 17.2. The van der Waals surface area contributed by atoms with Gasteiger partial charge in [0.1, 0.15) is 12.4 Å². The van der Waals surface area contributed by atoms with Crippen molar-refractivity contribution < 1.29 is 23.9 Å². The van der Waals surface area contributed by atoms with E-state index < -0.39 is 0 Å². The van der Waals surface area contributed by atoms with Crippen molar-refractivity contribution in [3.63, 3.8) is 0 Å². The Bertz CT molecular complexity index is 727. The second kappa shape index (κ2) is 11.5. The van der Waals surface area contributed by atoms with Gasteiger partial charge in [-0.15, -0.1) is 0 Å². The van der Waals surface area contributed by atoms with Crippen molar-refractivity contribution in [2.75, 3.05) is 19.8 Å². The molecule has 0 saturated carbocycles. The lowest BCUT2D eigenvalue weighted by Gasteiger charge is -2.28. The van der Waals surface area contributed by atoms with Crippen LogP contribution in [0.5, 0.6) is 0 Å². The van der Waals surface area contributed by atoms with Gasteiger partial charge in [-0.1, -0.05) is 38.1 Å². The molecule has 1 fully saturated rings. The van der Waals surface area contributed by atoms with Crippen LogP contribution in [0, 0.1) is 5.92 Å². The number of amides is 3. The summed E-state index contributed by atoms with van der Waals surface area (Å²) in [6.07, 6.45) is 2.35. The molecule has 0 aromatic heterocycles. The molecule has 0 bridgehead atoms. The molecule has 0 unspecified atom stereocenters. The third-order valence-electron chi connectivity index (χ3n) is 4.63. The number of benzene rings is 1. The van der Waals surface area contributed by atoms with E-state index in [-0.39, 0.29) is 36.5 Å². The molecule has 1 heterocycles. The molecule has 1 aliphatic rings. The van der Waals surface area contributed by atoms with Crippen LogP contribution in [-0.4, -0.2) is 48.2 Å². The molecule has 29 heavy (non-hydrogen) atoms. The summed E-state index contributed by atoms with van der Waals surface area (Å²) < 4.78 is 5.32. The van der Waals surface area contributed by atoms with Crippen molar-refractivity contribution in [2.24, 2.45) is 5.92 Å². The van der Waals surface area contributed by atoms with Gasteiger partial charge in [0.05, 0.1) is 6.42 Å². The summed E-state index contributed by atoms with van der Waals surface area (Å²) in [4.78, 5) is 47.9. The highest BCUT2D eigenvalue weighted by molar-refractivity contribution is 6.00. The van der Waals surface area contributed by atoms with Gasteiger partial charge in [0, 0.05) is 39.0 Å². The monoisotopic (exact) mass is 402 g/mol. The van der Waals surface area contributed by atoms with Gasteiger partial charge in [0.15, 0.2) is 0 Å². The molecule has 1 saturated heterocycles. The maximum Gasteiger partial charge on any atom is 0.246 e. The average Bonchev–Trinajstić information content (AvgIpc) is 2.65. The molecular formula is C22H30N2O5. The normalized spacial score (nSPS) is 13.3. The molecule has 1 aromatic rings. The van der Waals surface area contributed by atoms with Crippen molar-refractivity contribution in [3.05, 3.63) is 35.4 Å². The highest BCUT2D eigenvalue weighted by Gasteiger charge is 2.29. The van der Waals surface area contributed by atoms with Gasteiger partial charge < -0.3 is 10.1 Å². The average molecular weight is 402 g/mol. The van der Waals surface area contributed by atoms with Gasteiger partial charge in [0.25, 0.3) is 0 Å². The Morgan fingerprint density at radius 1 is 1.14 bits per heavy atom. The van der Waals surface area contributed by atoms with E-state index in [4.69, 9.17) is 4.74 Å². The minimum Gasteiger partial charge on any atom is -0.372 e. The predicted molar refractivity (Wildman–Crippen MR) is 108 cm³/mol. The molecular weight excluding hydrogens is 372 g/mol. The number of hydrogen-bond donors (Lipinski definition) is 1. The van der Waals surface area contributed by atoms with Crippen LogP contribution in [0.15, 0.2) is 24.3 Å². The van der Waals surface area contributed by atoms with E-state index in [1.807, 2.05) is 38.1 Å². The summed E-state index contributed by atoms with van der Waals surface area (Å²) in [6, 6.07) is 7.35. The van der Waals surface area contributed by atoms with Gasteiger partial charge in [-0.3, -0.25) is 24.1 Å². The van der Waals surface area contributed by atoms with Crippen LogP contribution in [0.4, 0.5) is 0 Å². The Morgan fingerprint density at radius 2 is 1.83 bits per heavy atom. The van der Waals surface area contributed by atoms with Crippen LogP contribution in [0.3, 0.4) is 0 Å². The number of nitrogens with one attached hydrogen (secondary N) is 1. The fourth-order valence-corrected chi connectivity index (χ4v) is 2.97. The summed E-state index contributed by atoms with van der Waals surface area (Å²) in [7, 11) is 0. The van der Waals surface area contributed by atoms with E-state index in [1.54, 1.807) is 0 Å². The van der Waals surface area contributed by atoms with Crippen LogP contribution in [-0.2, 0) is 36.9 Å². The van der Waals surface area contributed by atoms with Crippen LogP contribution in [0.25, 0.3) is 0 Å². The lowest BCUT2D eigenvalue weighted by atomic mass is 10.0. The fourth-order valence-electron chi connectivity index (χ4n) is 2.97. The number of imide groups is 1. The molecule has 0 atom stereocenters. The number of ether oxygens (including phenoxy) is 1. The number of hydrogen-bond acceptors (Lipinski definition) is 5. The van der Waals surface area contributed by atoms with Crippen molar-refractivity contribution >= 4 is 23.5 Å². The zero-order valence-corrected chi connectivity index (χ0v) is 17.2. The molecule has 3 amide bonds. The van der Waals surface area contributed by atoms with E-state index in [1.165, 1.54) is 4.90 Å². The fraction of sp³-hybridized carbons (Fsp3) is 0.545. The van der Waals surface area contributed by atoms with E-state index in [0.717, 1.165) is 11.1 Å². The molecule has 7 nitrogen and oxygen atoms in total. The molecule has 1 N–H and O–H groups in total. The minimum atomic E-state index is -0.214. The largest absolute Gasteiger partial charge is 0.372 e. The molecule has 0 spiro atoms. The van der Waals surface area contributed by atoms with Crippen molar-refractivity contribution in [3.8, 4) is 0 Å². The third kappa shape index (κ3) is 8.15. The summed E-state index contributed by atoms with van der Waals surface area (Å²) in [5.74, 6) is 0.0984. The van der Waals surface area contributed by atoms with Gasteiger partial charge in [-0.25, -0.2) is 0 Å². The molecule has 1 aliphatic heterocycles. The lowest BCUT2D eigenvalue weighted by Crippen LogP contribution is -2.48. The smallest absolute Gasteiger partial charge is 0.246 e. The van der Waals surface area contributed by atoms with Crippen molar-refractivity contribution in [1.82, 2.24) is 10.2 Å². The summed E-state index contributed by atoms with van der Waals surface area (Å²) in [5.41, 5.74) is 1.74. The minimum absolute atomic E-state index is 0.0329. The van der Waals surface area contributed by atoms with E-state index >= 15 is 0 Å². The van der Waals surface area contributed by atoms with Crippen molar-refractivity contribution in [1.29, 1.82) is 0 Å². The van der Waals surface area contributed by atoms with Crippen LogP contribution >= 0.6 is 0 Å². The molecule has 1 aromatic carbocycles. The molecule has 0 radical (unpaired) electrons. The first-order valence-electron chi connectivity index (χ1n) is 10.1. The number of carbonyl (C=O) groups excluding carboxylic acids is 4. The van der Waals surface area contributed by atoms with Crippen LogP contribution in [0.1, 0.15) is 50.7 Å². The first kappa shape index (κ1) is 22.7. The highest BCUT2D eigenvalue weighted by Crippen LogP contribution is 2.12. The van der Waals surface area contributed by atoms with Gasteiger partial charge in [-0.05, 0) is 23.5 Å². The molecule has 158 valence electrons. The zero-order chi connectivity index (χ0) is 21.2.